The van der Waals surface area contributed by atoms with E-state index in [2.05, 4.69) is 4.72 Å². The summed E-state index contributed by atoms with van der Waals surface area (Å²) in [6.07, 6.45) is -0.0241. The summed E-state index contributed by atoms with van der Waals surface area (Å²) in [5.41, 5.74) is 1.62. The van der Waals surface area contributed by atoms with Crippen molar-refractivity contribution in [3.05, 3.63) is 23.8 Å². The average molecular weight is 298 g/mol. The summed E-state index contributed by atoms with van der Waals surface area (Å²) in [4.78, 5) is 13.2. The number of nitrogens with one attached hydrogen (secondary N) is 1. The molecule has 6 nitrogen and oxygen atoms in total. The molecule has 1 aliphatic heterocycles. The van der Waals surface area contributed by atoms with Crippen LogP contribution in [-0.2, 0) is 21.2 Å². The van der Waals surface area contributed by atoms with Crippen molar-refractivity contribution < 1.29 is 18.3 Å². The Bertz CT molecular complexity index is 625. The predicted molar refractivity (Wildman–Crippen MR) is 75.0 cm³/mol. The van der Waals surface area contributed by atoms with E-state index in [-0.39, 0.29) is 17.3 Å². The average Bonchev–Trinajstić information content (AvgIpc) is 2.79. The number of aliphatic hydroxyl groups is 1. The Hall–Kier alpha value is -1.44. The lowest BCUT2D eigenvalue weighted by atomic mass is 10.2. The van der Waals surface area contributed by atoms with Crippen molar-refractivity contribution in [3.8, 4) is 0 Å². The molecule has 1 atom stereocenters. The molecule has 0 aromatic heterocycles. The van der Waals surface area contributed by atoms with E-state index in [9.17, 15) is 13.2 Å². The van der Waals surface area contributed by atoms with Gasteiger partial charge >= 0.3 is 0 Å². The largest absolute Gasteiger partial charge is 0.392 e. The minimum Gasteiger partial charge on any atom is -0.392 e. The maximum Gasteiger partial charge on any atom is 0.240 e. The zero-order valence-electron chi connectivity index (χ0n) is 11.5. The minimum atomic E-state index is -3.67. The van der Waals surface area contributed by atoms with Gasteiger partial charge in [0.2, 0.25) is 15.9 Å². The van der Waals surface area contributed by atoms with Gasteiger partial charge in [-0.05, 0) is 31.0 Å². The van der Waals surface area contributed by atoms with E-state index in [1.54, 1.807) is 11.0 Å². The molecule has 2 rings (SSSR count). The molecular formula is C13H18N2O4S. The Morgan fingerprint density at radius 1 is 1.50 bits per heavy atom. The van der Waals surface area contributed by atoms with Gasteiger partial charge in [0.25, 0.3) is 0 Å². The van der Waals surface area contributed by atoms with Crippen LogP contribution in [0.5, 0.6) is 0 Å². The molecule has 0 saturated carbocycles. The fourth-order valence-electron chi connectivity index (χ4n) is 2.17. The van der Waals surface area contributed by atoms with E-state index in [4.69, 9.17) is 5.11 Å². The van der Waals surface area contributed by atoms with Gasteiger partial charge in [0.15, 0.2) is 0 Å². The van der Waals surface area contributed by atoms with Gasteiger partial charge in [0.1, 0.15) is 0 Å². The maximum absolute atomic E-state index is 12.1. The lowest BCUT2D eigenvalue weighted by Gasteiger charge is -2.16. The van der Waals surface area contributed by atoms with Crippen LogP contribution in [0.15, 0.2) is 23.1 Å². The standard InChI is InChI=1S/C13H18N2O4S/c1-9(16)8-14-20(18,19)12-4-3-11-5-6-15(10(2)17)13(11)7-12/h3-4,7,9,14,16H,5-6,8H2,1-2H3/t9-/m1/s1. The van der Waals surface area contributed by atoms with Crippen LogP contribution in [0.25, 0.3) is 0 Å². The quantitative estimate of drug-likeness (QED) is 0.834. The SMILES string of the molecule is CC(=O)N1CCc2ccc(S(=O)(=O)NC[C@@H](C)O)cc21. The van der Waals surface area contributed by atoms with Gasteiger partial charge in [0, 0.05) is 25.7 Å². The van der Waals surface area contributed by atoms with E-state index in [1.165, 1.54) is 26.0 Å². The normalized spacial score (nSPS) is 16.1. The monoisotopic (exact) mass is 298 g/mol. The van der Waals surface area contributed by atoms with Crippen LogP contribution in [0.3, 0.4) is 0 Å². The first-order valence-corrected chi connectivity index (χ1v) is 7.88. The Balaban J connectivity index is 2.31. The first kappa shape index (κ1) is 15.0. The van der Waals surface area contributed by atoms with Crippen LogP contribution < -0.4 is 9.62 Å². The molecule has 1 amide bonds. The van der Waals surface area contributed by atoms with Gasteiger partial charge < -0.3 is 10.0 Å². The van der Waals surface area contributed by atoms with Gasteiger partial charge in [-0.3, -0.25) is 4.79 Å². The van der Waals surface area contributed by atoms with Gasteiger partial charge in [0.05, 0.1) is 11.0 Å². The zero-order chi connectivity index (χ0) is 14.9. The predicted octanol–water partition coefficient (Wildman–Crippen LogP) is 0.255. The molecule has 1 aromatic carbocycles. The van der Waals surface area contributed by atoms with Crippen molar-refractivity contribution >= 4 is 21.6 Å². The van der Waals surface area contributed by atoms with Crippen molar-refractivity contribution in [1.29, 1.82) is 0 Å². The Morgan fingerprint density at radius 3 is 2.80 bits per heavy atom. The molecule has 0 fully saturated rings. The van der Waals surface area contributed by atoms with Gasteiger partial charge in [-0.1, -0.05) is 6.07 Å². The summed E-state index contributed by atoms with van der Waals surface area (Å²) in [6.45, 7) is 3.50. The molecule has 1 heterocycles. The second kappa shape index (κ2) is 5.51. The van der Waals surface area contributed by atoms with Crippen LogP contribution in [0.1, 0.15) is 19.4 Å². The number of carbonyl (C=O) groups is 1. The van der Waals surface area contributed by atoms with Crippen molar-refractivity contribution in [2.45, 2.75) is 31.3 Å². The smallest absolute Gasteiger partial charge is 0.240 e. The number of benzene rings is 1. The molecule has 0 spiro atoms. The molecule has 1 aliphatic rings. The second-order valence-corrected chi connectivity index (χ2v) is 6.68. The molecular weight excluding hydrogens is 280 g/mol. The fraction of sp³-hybridized carbons (Fsp3) is 0.462. The van der Waals surface area contributed by atoms with Crippen molar-refractivity contribution in [2.75, 3.05) is 18.0 Å². The number of amides is 1. The van der Waals surface area contributed by atoms with Crippen LogP contribution >= 0.6 is 0 Å². The number of hydrogen-bond acceptors (Lipinski definition) is 4. The Kier molecular flexibility index (Phi) is 4.12. The number of carbonyl (C=O) groups excluding carboxylic acids is 1. The van der Waals surface area contributed by atoms with Crippen molar-refractivity contribution in [2.24, 2.45) is 0 Å². The molecule has 20 heavy (non-hydrogen) atoms. The van der Waals surface area contributed by atoms with Crippen molar-refractivity contribution in [3.63, 3.8) is 0 Å². The first-order valence-electron chi connectivity index (χ1n) is 6.40. The van der Waals surface area contributed by atoms with Crippen LogP contribution in [0.4, 0.5) is 5.69 Å². The lowest BCUT2D eigenvalue weighted by molar-refractivity contribution is -0.116. The number of hydrogen-bond donors (Lipinski definition) is 2. The Labute approximate surface area is 118 Å². The molecule has 2 N–H and O–H groups in total. The first-order chi connectivity index (χ1) is 9.31. The third kappa shape index (κ3) is 3.00. The molecule has 0 unspecified atom stereocenters. The molecule has 0 radical (unpaired) electrons. The summed E-state index contributed by atoms with van der Waals surface area (Å²) < 4.78 is 26.5. The van der Waals surface area contributed by atoms with E-state index in [0.29, 0.717) is 12.2 Å². The molecule has 0 aliphatic carbocycles. The highest BCUT2D eigenvalue weighted by molar-refractivity contribution is 7.89. The number of anilines is 1. The van der Waals surface area contributed by atoms with Gasteiger partial charge in [-0.2, -0.15) is 0 Å². The van der Waals surface area contributed by atoms with E-state index in [1.807, 2.05) is 0 Å². The highest BCUT2D eigenvalue weighted by Gasteiger charge is 2.25. The molecule has 1 aromatic rings. The van der Waals surface area contributed by atoms with Gasteiger partial charge in [-0.25, -0.2) is 13.1 Å². The second-order valence-electron chi connectivity index (χ2n) is 4.91. The maximum atomic E-state index is 12.1. The molecule has 0 bridgehead atoms. The highest BCUT2D eigenvalue weighted by atomic mass is 32.2. The highest BCUT2D eigenvalue weighted by Crippen LogP contribution is 2.30. The molecule has 110 valence electrons. The summed E-state index contributed by atoms with van der Waals surface area (Å²) in [6, 6.07) is 4.76. The third-order valence-corrected chi connectivity index (χ3v) is 4.63. The summed E-state index contributed by atoms with van der Waals surface area (Å²) in [5, 5.41) is 9.15. The summed E-state index contributed by atoms with van der Waals surface area (Å²) in [5.74, 6) is -0.102. The van der Waals surface area contributed by atoms with E-state index >= 15 is 0 Å². The Morgan fingerprint density at radius 2 is 2.20 bits per heavy atom. The molecule has 0 saturated heterocycles. The van der Waals surface area contributed by atoms with Gasteiger partial charge in [-0.15, -0.1) is 0 Å². The zero-order valence-corrected chi connectivity index (χ0v) is 12.3. The lowest BCUT2D eigenvalue weighted by Crippen LogP contribution is -2.31. The number of sulfonamides is 1. The minimum absolute atomic E-state index is 0.0458. The molecule has 7 heteroatoms. The number of fused-ring (bicyclic) bond motifs is 1. The van der Waals surface area contributed by atoms with Crippen LogP contribution in [0.2, 0.25) is 0 Å². The van der Waals surface area contributed by atoms with E-state index in [0.717, 1.165) is 12.0 Å². The summed E-state index contributed by atoms with van der Waals surface area (Å²) in [7, 11) is -3.67. The van der Waals surface area contributed by atoms with Crippen LogP contribution in [-0.4, -0.2) is 38.6 Å². The van der Waals surface area contributed by atoms with E-state index < -0.39 is 16.1 Å². The third-order valence-electron chi connectivity index (χ3n) is 3.21. The topological polar surface area (TPSA) is 86.7 Å². The number of aliphatic hydroxyl groups excluding tert-OH is 1. The number of rotatable bonds is 4. The summed E-state index contributed by atoms with van der Waals surface area (Å²) >= 11 is 0. The van der Waals surface area contributed by atoms with Crippen molar-refractivity contribution in [1.82, 2.24) is 4.72 Å². The fourth-order valence-corrected chi connectivity index (χ4v) is 3.31. The van der Waals surface area contributed by atoms with Crippen LogP contribution in [0, 0.1) is 0 Å². The number of nitrogens with zero attached hydrogens (tertiary/aromatic N) is 1.